The van der Waals surface area contributed by atoms with Crippen molar-refractivity contribution in [1.29, 1.82) is 0 Å². The zero-order valence-corrected chi connectivity index (χ0v) is 17.2. The Morgan fingerprint density at radius 2 is 1.77 bits per heavy atom. The fourth-order valence-electron chi connectivity index (χ4n) is 3.84. The normalized spacial score (nSPS) is 13.4. The van der Waals surface area contributed by atoms with Crippen LogP contribution < -0.4 is 0 Å². The number of aliphatic carboxylic acids is 1. The topological polar surface area (TPSA) is 79.5 Å². The quantitative estimate of drug-likeness (QED) is 0.548. The van der Waals surface area contributed by atoms with Crippen molar-refractivity contribution in [2.24, 2.45) is 5.92 Å². The van der Waals surface area contributed by atoms with Crippen molar-refractivity contribution in [3.8, 4) is 5.75 Å². The summed E-state index contributed by atoms with van der Waals surface area (Å²) in [6, 6.07) is 4.98. The molecule has 2 aromatic carbocycles. The first-order chi connectivity index (χ1) is 14.6. The third-order valence-electron chi connectivity index (χ3n) is 5.69. The highest BCUT2D eigenvalue weighted by molar-refractivity contribution is 6.05. The van der Waals surface area contributed by atoms with E-state index in [9.17, 15) is 28.6 Å². The maximum absolute atomic E-state index is 15.0. The Bertz CT molecular complexity index is 1190. The van der Waals surface area contributed by atoms with E-state index in [1.165, 1.54) is 13.0 Å². The SMILES string of the molecule is CCC(C)C[C@H](C(=O)O)c1c(C)n(C(=O)c2ccc(F)c(F)c2)c2ccc(O)c(F)c12. The van der Waals surface area contributed by atoms with E-state index in [2.05, 4.69) is 0 Å². The second-order valence-corrected chi connectivity index (χ2v) is 7.70. The van der Waals surface area contributed by atoms with E-state index < -0.39 is 41.0 Å². The van der Waals surface area contributed by atoms with E-state index >= 15 is 4.39 Å². The zero-order chi connectivity index (χ0) is 23.0. The zero-order valence-electron chi connectivity index (χ0n) is 17.2. The van der Waals surface area contributed by atoms with Gasteiger partial charge in [-0.25, -0.2) is 13.2 Å². The highest BCUT2D eigenvalue weighted by atomic mass is 19.2. The second kappa shape index (κ2) is 8.45. The van der Waals surface area contributed by atoms with E-state index in [0.717, 1.165) is 28.8 Å². The summed E-state index contributed by atoms with van der Waals surface area (Å²) in [5.74, 6) is -7.16. The largest absolute Gasteiger partial charge is 0.505 e. The molecular weight excluding hydrogens is 411 g/mol. The van der Waals surface area contributed by atoms with Crippen LogP contribution in [0.4, 0.5) is 13.2 Å². The summed E-state index contributed by atoms with van der Waals surface area (Å²) in [5, 5.41) is 19.6. The first-order valence-corrected chi connectivity index (χ1v) is 9.83. The van der Waals surface area contributed by atoms with Crippen LogP contribution in [0.3, 0.4) is 0 Å². The molecule has 1 aromatic heterocycles. The molecule has 0 bridgehead atoms. The Morgan fingerprint density at radius 1 is 1.10 bits per heavy atom. The van der Waals surface area contributed by atoms with E-state index in [1.807, 2.05) is 13.8 Å². The standard InChI is InChI=1S/C23H22F3NO4/c1-4-11(2)9-14(23(30)31)19-12(3)27(17-7-8-18(28)21(26)20(17)19)22(29)13-5-6-15(24)16(25)10-13/h5-8,10-11,14,28H,4,9H2,1-3H3,(H,30,31)/t11?,14-/m0/s1. The van der Waals surface area contributed by atoms with Gasteiger partial charge in [0, 0.05) is 16.6 Å². The first-order valence-electron chi connectivity index (χ1n) is 9.83. The minimum absolute atomic E-state index is 0.00108. The number of benzene rings is 2. The van der Waals surface area contributed by atoms with Gasteiger partial charge in [-0.2, -0.15) is 0 Å². The Balaban J connectivity index is 2.32. The average Bonchev–Trinajstić information content (AvgIpc) is 3.02. The average molecular weight is 433 g/mol. The van der Waals surface area contributed by atoms with Crippen molar-refractivity contribution >= 4 is 22.8 Å². The number of aromatic hydroxyl groups is 1. The van der Waals surface area contributed by atoms with Gasteiger partial charge in [0.2, 0.25) is 0 Å². The van der Waals surface area contributed by atoms with E-state index in [0.29, 0.717) is 6.42 Å². The van der Waals surface area contributed by atoms with Crippen molar-refractivity contribution in [3.63, 3.8) is 0 Å². The Labute approximate surface area is 176 Å². The number of hydrogen-bond acceptors (Lipinski definition) is 3. The molecule has 0 saturated carbocycles. The van der Waals surface area contributed by atoms with E-state index in [1.54, 1.807) is 0 Å². The number of carbonyl (C=O) groups excluding carboxylic acids is 1. The minimum atomic E-state index is -1.22. The molecule has 1 unspecified atom stereocenters. The number of carboxylic acids is 1. The van der Waals surface area contributed by atoms with Crippen molar-refractivity contribution in [1.82, 2.24) is 4.57 Å². The predicted molar refractivity (Wildman–Crippen MR) is 109 cm³/mol. The van der Waals surface area contributed by atoms with Crippen molar-refractivity contribution < 1.29 is 33.0 Å². The highest BCUT2D eigenvalue weighted by Crippen LogP contribution is 2.39. The number of hydrogen-bond donors (Lipinski definition) is 2. The molecular formula is C23H22F3NO4. The Morgan fingerprint density at radius 3 is 2.35 bits per heavy atom. The number of phenolic OH excluding ortho intramolecular Hbond substituents is 1. The summed E-state index contributed by atoms with van der Waals surface area (Å²) in [5.41, 5.74) is 0.0812. The lowest BCUT2D eigenvalue weighted by Crippen LogP contribution is -2.18. The third kappa shape index (κ3) is 3.89. The smallest absolute Gasteiger partial charge is 0.311 e. The monoisotopic (exact) mass is 433 g/mol. The summed E-state index contributed by atoms with van der Waals surface area (Å²) < 4.78 is 43.1. The summed E-state index contributed by atoms with van der Waals surface area (Å²) in [6.07, 6.45) is 0.892. The fourth-order valence-corrected chi connectivity index (χ4v) is 3.84. The molecule has 3 aromatic rings. The number of phenols is 1. The van der Waals surface area contributed by atoms with Gasteiger partial charge in [-0.15, -0.1) is 0 Å². The molecule has 0 spiro atoms. The molecule has 0 aliphatic rings. The molecule has 0 aliphatic carbocycles. The third-order valence-corrected chi connectivity index (χ3v) is 5.69. The number of nitrogens with zero attached hydrogens (tertiary/aromatic N) is 1. The van der Waals surface area contributed by atoms with Crippen molar-refractivity contribution in [3.05, 3.63) is 64.6 Å². The lowest BCUT2D eigenvalue weighted by molar-refractivity contribution is -0.139. The molecule has 164 valence electrons. The molecule has 8 heteroatoms. The molecule has 0 radical (unpaired) electrons. The van der Waals surface area contributed by atoms with Gasteiger partial charge >= 0.3 is 5.97 Å². The van der Waals surface area contributed by atoms with Gasteiger partial charge in [0.1, 0.15) is 0 Å². The van der Waals surface area contributed by atoms with Crippen molar-refractivity contribution in [2.75, 3.05) is 0 Å². The summed E-state index contributed by atoms with van der Waals surface area (Å²) in [6.45, 7) is 5.24. The van der Waals surface area contributed by atoms with Gasteiger partial charge in [0.15, 0.2) is 23.2 Å². The molecule has 3 rings (SSSR count). The van der Waals surface area contributed by atoms with Gasteiger partial charge in [0.05, 0.1) is 11.4 Å². The van der Waals surface area contributed by atoms with Crippen LogP contribution >= 0.6 is 0 Å². The molecule has 0 fully saturated rings. The van der Waals surface area contributed by atoms with Crippen LogP contribution in [-0.4, -0.2) is 26.7 Å². The van der Waals surface area contributed by atoms with Gasteiger partial charge in [0.25, 0.3) is 5.91 Å². The summed E-state index contributed by atoms with van der Waals surface area (Å²) >= 11 is 0. The molecule has 31 heavy (non-hydrogen) atoms. The van der Waals surface area contributed by atoms with Crippen molar-refractivity contribution in [2.45, 2.75) is 39.5 Å². The lowest BCUT2D eigenvalue weighted by Gasteiger charge is -2.18. The van der Waals surface area contributed by atoms with Gasteiger partial charge in [-0.05, 0) is 55.2 Å². The van der Waals surface area contributed by atoms with Crippen LogP contribution in [0, 0.1) is 30.3 Å². The maximum Gasteiger partial charge on any atom is 0.311 e. The number of halogens is 3. The van der Waals surface area contributed by atoms with E-state index in [4.69, 9.17) is 0 Å². The molecule has 2 N–H and O–H groups in total. The van der Waals surface area contributed by atoms with Gasteiger partial charge in [-0.3, -0.25) is 14.2 Å². The first kappa shape index (κ1) is 22.4. The number of rotatable bonds is 6. The maximum atomic E-state index is 15.0. The number of carbonyl (C=O) groups is 2. The fraction of sp³-hybridized carbons (Fsp3) is 0.304. The molecule has 1 heterocycles. The summed E-state index contributed by atoms with van der Waals surface area (Å²) in [4.78, 5) is 25.3. The van der Waals surface area contributed by atoms with Crippen LogP contribution in [-0.2, 0) is 4.79 Å². The summed E-state index contributed by atoms with van der Waals surface area (Å²) in [7, 11) is 0. The van der Waals surface area contributed by atoms with Crippen LogP contribution in [0.1, 0.15) is 54.2 Å². The number of fused-ring (bicyclic) bond motifs is 1. The van der Waals surface area contributed by atoms with Crippen LogP contribution in [0.2, 0.25) is 0 Å². The molecule has 0 amide bonds. The van der Waals surface area contributed by atoms with Gasteiger partial charge < -0.3 is 10.2 Å². The molecule has 0 aliphatic heterocycles. The highest BCUT2D eigenvalue weighted by Gasteiger charge is 2.32. The van der Waals surface area contributed by atoms with Crippen LogP contribution in [0.25, 0.3) is 10.9 Å². The minimum Gasteiger partial charge on any atom is -0.505 e. The Hall–Kier alpha value is -3.29. The molecule has 5 nitrogen and oxygen atoms in total. The van der Waals surface area contributed by atoms with Crippen LogP contribution in [0.15, 0.2) is 30.3 Å². The van der Waals surface area contributed by atoms with Crippen LogP contribution in [0.5, 0.6) is 5.75 Å². The lowest BCUT2D eigenvalue weighted by atomic mass is 9.87. The molecule has 0 saturated heterocycles. The second-order valence-electron chi connectivity index (χ2n) is 7.70. The Kier molecular flexibility index (Phi) is 6.10. The van der Waals surface area contributed by atoms with Gasteiger partial charge in [-0.1, -0.05) is 20.3 Å². The molecule has 2 atom stereocenters. The predicted octanol–water partition coefficient (Wildman–Crippen LogP) is 5.37. The number of carboxylic acid groups (broad SMARTS) is 1. The van der Waals surface area contributed by atoms with E-state index in [-0.39, 0.29) is 40.1 Å². The number of aromatic nitrogens is 1.